The first-order valence-corrected chi connectivity index (χ1v) is 10.5. The van der Waals surface area contributed by atoms with Gasteiger partial charge in [0.25, 0.3) is 0 Å². The van der Waals surface area contributed by atoms with Gasteiger partial charge in [-0.05, 0) is 50.1 Å². The van der Waals surface area contributed by atoms with Gasteiger partial charge in [-0.15, -0.1) is 0 Å². The minimum atomic E-state index is 0.589. The molecule has 2 heterocycles. The number of aliphatic imine (C=N–C) groups is 1. The summed E-state index contributed by atoms with van der Waals surface area (Å²) in [6.07, 6.45) is 6.19. The average molecular weight is 373 g/mol. The Kier molecular flexibility index (Phi) is 7.96. The van der Waals surface area contributed by atoms with Gasteiger partial charge in [-0.2, -0.15) is 0 Å². The van der Waals surface area contributed by atoms with Crippen LogP contribution in [0, 0.1) is 5.92 Å². The summed E-state index contributed by atoms with van der Waals surface area (Å²) >= 11 is 0. The highest BCUT2D eigenvalue weighted by atomic mass is 16.5. The van der Waals surface area contributed by atoms with Crippen LogP contribution in [0.5, 0.6) is 0 Å². The van der Waals surface area contributed by atoms with Crippen molar-refractivity contribution in [2.24, 2.45) is 10.9 Å². The molecule has 1 unspecified atom stereocenters. The number of nitrogens with zero attached hydrogens (tertiary/aromatic N) is 3. The number of nitrogens with one attached hydrogen (secondary N) is 1. The number of rotatable bonds is 7. The maximum Gasteiger partial charge on any atom is 0.193 e. The Morgan fingerprint density at radius 1 is 1.22 bits per heavy atom. The van der Waals surface area contributed by atoms with Crippen molar-refractivity contribution in [3.8, 4) is 0 Å². The number of benzene rings is 1. The lowest BCUT2D eigenvalue weighted by molar-refractivity contribution is 0.0625. The fourth-order valence-electron chi connectivity index (χ4n) is 4.26. The molecule has 0 spiro atoms. The van der Waals surface area contributed by atoms with Crippen molar-refractivity contribution in [1.82, 2.24) is 15.1 Å². The SMILES string of the molecule is CN=C(NCC1CCCN1Cc1ccccc1)N(C)CCC1CCOCC1. The molecule has 0 aliphatic carbocycles. The Hall–Kier alpha value is -1.59. The first kappa shape index (κ1) is 20.2. The summed E-state index contributed by atoms with van der Waals surface area (Å²) in [6.45, 7) is 6.13. The standard InChI is InChI=1S/C22H36N4O/c1-23-22(25(2)14-10-19-11-15-27-16-12-19)24-17-21-9-6-13-26(21)18-20-7-4-3-5-8-20/h3-5,7-8,19,21H,6,9-18H2,1-2H3,(H,23,24). The molecule has 1 N–H and O–H groups in total. The lowest BCUT2D eigenvalue weighted by Gasteiger charge is -2.29. The van der Waals surface area contributed by atoms with Crippen LogP contribution < -0.4 is 5.32 Å². The zero-order valence-electron chi connectivity index (χ0n) is 17.1. The molecule has 150 valence electrons. The van der Waals surface area contributed by atoms with Gasteiger partial charge in [0.15, 0.2) is 5.96 Å². The Bertz CT molecular complexity index is 571. The third kappa shape index (κ3) is 6.22. The quantitative estimate of drug-likeness (QED) is 0.590. The van der Waals surface area contributed by atoms with Crippen LogP contribution in [0.15, 0.2) is 35.3 Å². The third-order valence-electron chi connectivity index (χ3n) is 6.01. The van der Waals surface area contributed by atoms with Crippen molar-refractivity contribution >= 4 is 5.96 Å². The Morgan fingerprint density at radius 2 is 2.00 bits per heavy atom. The molecule has 2 aliphatic heterocycles. The highest BCUT2D eigenvalue weighted by molar-refractivity contribution is 5.79. The maximum absolute atomic E-state index is 5.47. The smallest absolute Gasteiger partial charge is 0.193 e. The Balaban J connectivity index is 1.43. The fourth-order valence-corrected chi connectivity index (χ4v) is 4.26. The molecule has 0 radical (unpaired) electrons. The topological polar surface area (TPSA) is 40.1 Å². The minimum Gasteiger partial charge on any atom is -0.381 e. The molecule has 0 saturated carbocycles. The summed E-state index contributed by atoms with van der Waals surface area (Å²) in [6, 6.07) is 11.4. The molecule has 5 nitrogen and oxygen atoms in total. The molecular formula is C22H36N4O. The van der Waals surface area contributed by atoms with Crippen LogP contribution in [0.3, 0.4) is 0 Å². The van der Waals surface area contributed by atoms with E-state index in [0.717, 1.165) is 44.7 Å². The molecule has 0 bridgehead atoms. The second-order valence-corrected chi connectivity index (χ2v) is 7.95. The molecule has 27 heavy (non-hydrogen) atoms. The molecule has 1 aromatic rings. The van der Waals surface area contributed by atoms with Crippen molar-refractivity contribution in [3.05, 3.63) is 35.9 Å². The van der Waals surface area contributed by atoms with E-state index >= 15 is 0 Å². The number of hydrogen-bond donors (Lipinski definition) is 1. The Labute approximate surface area is 164 Å². The van der Waals surface area contributed by atoms with E-state index in [1.54, 1.807) is 0 Å². The molecule has 2 saturated heterocycles. The van der Waals surface area contributed by atoms with Gasteiger partial charge in [-0.1, -0.05) is 30.3 Å². The molecule has 1 aromatic carbocycles. The Morgan fingerprint density at radius 3 is 2.74 bits per heavy atom. The van der Waals surface area contributed by atoms with Crippen LogP contribution in [0.4, 0.5) is 0 Å². The second kappa shape index (κ2) is 10.7. The first-order chi connectivity index (χ1) is 13.3. The van der Waals surface area contributed by atoms with E-state index in [2.05, 4.69) is 57.5 Å². The largest absolute Gasteiger partial charge is 0.381 e. The number of hydrogen-bond acceptors (Lipinski definition) is 3. The van der Waals surface area contributed by atoms with Crippen LogP contribution >= 0.6 is 0 Å². The van der Waals surface area contributed by atoms with E-state index in [1.807, 2.05) is 7.05 Å². The van der Waals surface area contributed by atoms with Crippen molar-refractivity contribution in [3.63, 3.8) is 0 Å². The molecule has 1 atom stereocenters. The molecule has 3 rings (SSSR count). The van der Waals surface area contributed by atoms with E-state index in [1.165, 1.54) is 44.2 Å². The van der Waals surface area contributed by atoms with E-state index in [9.17, 15) is 0 Å². The molecule has 5 heteroatoms. The summed E-state index contributed by atoms with van der Waals surface area (Å²) < 4.78 is 5.47. The minimum absolute atomic E-state index is 0.589. The van der Waals surface area contributed by atoms with Crippen LogP contribution in [-0.2, 0) is 11.3 Å². The van der Waals surface area contributed by atoms with Gasteiger partial charge < -0.3 is 15.0 Å². The van der Waals surface area contributed by atoms with Crippen LogP contribution in [-0.4, -0.2) is 68.7 Å². The van der Waals surface area contributed by atoms with Crippen LogP contribution in [0.2, 0.25) is 0 Å². The zero-order chi connectivity index (χ0) is 18.9. The third-order valence-corrected chi connectivity index (χ3v) is 6.01. The van der Waals surface area contributed by atoms with Crippen molar-refractivity contribution in [2.45, 2.75) is 44.7 Å². The van der Waals surface area contributed by atoms with Gasteiger partial charge in [0.1, 0.15) is 0 Å². The summed E-state index contributed by atoms with van der Waals surface area (Å²) in [5.74, 6) is 1.82. The van der Waals surface area contributed by atoms with E-state index in [-0.39, 0.29) is 0 Å². The van der Waals surface area contributed by atoms with Gasteiger partial charge in [0.05, 0.1) is 0 Å². The molecule has 2 aliphatic rings. The number of likely N-dealkylation sites (tertiary alicyclic amines) is 1. The summed E-state index contributed by atoms with van der Waals surface area (Å²) in [4.78, 5) is 9.40. The zero-order valence-corrected chi connectivity index (χ0v) is 17.1. The monoisotopic (exact) mass is 372 g/mol. The van der Waals surface area contributed by atoms with E-state index < -0.39 is 0 Å². The van der Waals surface area contributed by atoms with Crippen molar-refractivity contribution in [2.75, 3.05) is 46.9 Å². The van der Waals surface area contributed by atoms with Crippen LogP contribution in [0.25, 0.3) is 0 Å². The molecular weight excluding hydrogens is 336 g/mol. The lowest BCUT2D eigenvalue weighted by atomic mass is 9.96. The van der Waals surface area contributed by atoms with Gasteiger partial charge in [-0.25, -0.2) is 0 Å². The van der Waals surface area contributed by atoms with E-state index in [4.69, 9.17) is 4.74 Å². The van der Waals surface area contributed by atoms with Crippen molar-refractivity contribution < 1.29 is 4.74 Å². The van der Waals surface area contributed by atoms with Gasteiger partial charge in [0.2, 0.25) is 0 Å². The summed E-state index contributed by atoms with van der Waals surface area (Å²) in [7, 11) is 4.05. The summed E-state index contributed by atoms with van der Waals surface area (Å²) in [5.41, 5.74) is 1.40. The van der Waals surface area contributed by atoms with Gasteiger partial charge in [0, 0.05) is 53.0 Å². The number of guanidine groups is 1. The number of ether oxygens (including phenoxy) is 1. The van der Waals surface area contributed by atoms with Gasteiger partial charge in [-0.3, -0.25) is 9.89 Å². The summed E-state index contributed by atoms with van der Waals surface area (Å²) in [5, 5.41) is 3.62. The lowest BCUT2D eigenvalue weighted by Crippen LogP contribution is -2.45. The predicted octanol–water partition coefficient (Wildman–Crippen LogP) is 2.97. The maximum atomic E-state index is 5.47. The fraction of sp³-hybridized carbons (Fsp3) is 0.682. The predicted molar refractivity (Wildman–Crippen MR) is 112 cm³/mol. The normalized spacial score (nSPS) is 22.1. The first-order valence-electron chi connectivity index (χ1n) is 10.5. The van der Waals surface area contributed by atoms with E-state index in [0.29, 0.717) is 6.04 Å². The molecule has 2 fully saturated rings. The highest BCUT2D eigenvalue weighted by Crippen LogP contribution is 2.20. The van der Waals surface area contributed by atoms with Crippen LogP contribution in [0.1, 0.15) is 37.7 Å². The molecule has 0 aromatic heterocycles. The average Bonchev–Trinajstić information content (AvgIpc) is 3.15. The van der Waals surface area contributed by atoms with Gasteiger partial charge >= 0.3 is 0 Å². The molecule has 0 amide bonds. The second-order valence-electron chi connectivity index (χ2n) is 7.95. The highest BCUT2D eigenvalue weighted by Gasteiger charge is 2.25. The van der Waals surface area contributed by atoms with Crippen molar-refractivity contribution in [1.29, 1.82) is 0 Å².